The number of benzene rings is 1. The molecule has 20 heavy (non-hydrogen) atoms. The Morgan fingerprint density at radius 1 is 1.20 bits per heavy atom. The molecule has 0 saturated carbocycles. The fourth-order valence-electron chi connectivity index (χ4n) is 1.51. The van der Waals surface area contributed by atoms with Crippen LogP contribution in [0.1, 0.15) is 51.9 Å². The molecule has 0 saturated heterocycles. The molecule has 0 heterocycles. The van der Waals surface area contributed by atoms with Gasteiger partial charge in [0.15, 0.2) is 5.78 Å². The summed E-state index contributed by atoms with van der Waals surface area (Å²) < 4.78 is 5.67. The van der Waals surface area contributed by atoms with Crippen LogP contribution >= 0.6 is 0 Å². The molecule has 0 radical (unpaired) electrons. The van der Waals surface area contributed by atoms with Gasteiger partial charge in [-0.05, 0) is 39.0 Å². The summed E-state index contributed by atoms with van der Waals surface area (Å²) in [6.45, 7) is 10.8. The topological polar surface area (TPSA) is 55.4 Å². The monoisotopic (exact) mass is 277 g/mol. The van der Waals surface area contributed by atoms with Crippen molar-refractivity contribution in [2.24, 2.45) is 5.41 Å². The Bertz CT molecular complexity index is 513. The maximum atomic E-state index is 12.1. The number of rotatable bonds is 4. The number of amides is 1. The number of ketones is 1. The number of carbonyl (C=O) groups is 2. The largest absolute Gasteiger partial charge is 0.489 e. The van der Waals surface area contributed by atoms with E-state index in [-0.39, 0.29) is 17.8 Å². The smallest absolute Gasteiger partial charge is 0.229 e. The van der Waals surface area contributed by atoms with Gasteiger partial charge in [0.1, 0.15) is 5.75 Å². The zero-order chi connectivity index (χ0) is 15.5. The molecule has 1 amide bonds. The van der Waals surface area contributed by atoms with Gasteiger partial charge in [0.05, 0.1) is 11.8 Å². The Morgan fingerprint density at radius 2 is 1.80 bits per heavy atom. The van der Waals surface area contributed by atoms with Gasteiger partial charge in [0.2, 0.25) is 5.91 Å². The molecule has 0 spiro atoms. The van der Waals surface area contributed by atoms with Crippen LogP contribution in [-0.2, 0) is 4.79 Å². The molecular formula is C16H23NO3. The molecule has 0 aliphatic heterocycles. The quantitative estimate of drug-likeness (QED) is 0.854. The SMILES string of the molecule is CC(=O)c1ccc(OC(C)C)c(NC(=O)C(C)(C)C)c1. The number of anilines is 1. The third kappa shape index (κ3) is 4.37. The van der Waals surface area contributed by atoms with E-state index in [4.69, 9.17) is 4.74 Å². The van der Waals surface area contributed by atoms with Crippen molar-refractivity contribution in [3.05, 3.63) is 23.8 Å². The highest BCUT2D eigenvalue weighted by molar-refractivity contribution is 5.99. The predicted octanol–water partition coefficient (Wildman–Crippen LogP) is 3.66. The van der Waals surface area contributed by atoms with Crippen LogP contribution in [0.25, 0.3) is 0 Å². The molecule has 1 aromatic rings. The number of nitrogens with one attached hydrogen (secondary N) is 1. The molecule has 110 valence electrons. The molecule has 0 atom stereocenters. The van der Waals surface area contributed by atoms with Gasteiger partial charge < -0.3 is 10.1 Å². The van der Waals surface area contributed by atoms with E-state index in [2.05, 4.69) is 5.32 Å². The minimum absolute atomic E-state index is 0.0107. The maximum absolute atomic E-state index is 12.1. The summed E-state index contributed by atoms with van der Waals surface area (Å²) in [5.74, 6) is 0.404. The Balaban J connectivity index is 3.14. The highest BCUT2D eigenvalue weighted by Crippen LogP contribution is 2.29. The van der Waals surface area contributed by atoms with E-state index >= 15 is 0 Å². The Labute approximate surface area is 120 Å². The van der Waals surface area contributed by atoms with Gasteiger partial charge in [-0.25, -0.2) is 0 Å². The van der Waals surface area contributed by atoms with Crippen LogP contribution in [-0.4, -0.2) is 17.8 Å². The number of ether oxygens (including phenoxy) is 1. The second kappa shape index (κ2) is 6.07. The molecule has 4 nitrogen and oxygen atoms in total. The molecule has 0 fully saturated rings. The number of Topliss-reactive ketones (excluding diaryl/α,β-unsaturated/α-hetero) is 1. The summed E-state index contributed by atoms with van der Waals surface area (Å²) >= 11 is 0. The fourth-order valence-corrected chi connectivity index (χ4v) is 1.51. The number of carbonyl (C=O) groups excluding carboxylic acids is 2. The van der Waals surface area contributed by atoms with Gasteiger partial charge in [-0.3, -0.25) is 9.59 Å². The first kappa shape index (κ1) is 16.2. The standard InChI is InChI=1S/C16H23NO3/c1-10(2)20-14-8-7-12(11(3)18)9-13(14)17-15(19)16(4,5)6/h7-10H,1-6H3,(H,17,19). The lowest BCUT2D eigenvalue weighted by molar-refractivity contribution is -0.123. The molecule has 0 aromatic heterocycles. The van der Waals surface area contributed by atoms with E-state index in [9.17, 15) is 9.59 Å². The Kier molecular flexibility index (Phi) is 4.93. The predicted molar refractivity (Wildman–Crippen MR) is 80.3 cm³/mol. The lowest BCUT2D eigenvalue weighted by Crippen LogP contribution is -2.28. The second-order valence-corrected chi connectivity index (χ2v) is 6.14. The van der Waals surface area contributed by atoms with Crippen molar-refractivity contribution in [1.82, 2.24) is 0 Å². The van der Waals surface area contributed by atoms with Crippen molar-refractivity contribution in [2.75, 3.05) is 5.32 Å². The number of hydrogen-bond donors (Lipinski definition) is 1. The van der Waals surface area contributed by atoms with Crippen LogP contribution in [0.3, 0.4) is 0 Å². The normalized spacial score (nSPS) is 11.3. The van der Waals surface area contributed by atoms with E-state index in [1.165, 1.54) is 6.92 Å². The molecule has 1 rings (SSSR count). The molecule has 0 unspecified atom stereocenters. The van der Waals surface area contributed by atoms with Crippen LogP contribution in [0.2, 0.25) is 0 Å². The molecular weight excluding hydrogens is 254 g/mol. The van der Waals surface area contributed by atoms with Crippen LogP contribution < -0.4 is 10.1 Å². The molecule has 1 aromatic carbocycles. The van der Waals surface area contributed by atoms with Gasteiger partial charge in [0.25, 0.3) is 0 Å². The highest BCUT2D eigenvalue weighted by Gasteiger charge is 2.23. The number of hydrogen-bond acceptors (Lipinski definition) is 3. The van der Waals surface area contributed by atoms with Gasteiger partial charge in [-0.15, -0.1) is 0 Å². The summed E-state index contributed by atoms with van der Waals surface area (Å²) in [6, 6.07) is 5.07. The van der Waals surface area contributed by atoms with Gasteiger partial charge in [-0.2, -0.15) is 0 Å². The van der Waals surface area contributed by atoms with Gasteiger partial charge in [-0.1, -0.05) is 20.8 Å². The van der Waals surface area contributed by atoms with E-state index in [0.29, 0.717) is 17.0 Å². The summed E-state index contributed by atoms with van der Waals surface area (Å²) in [7, 11) is 0. The maximum Gasteiger partial charge on any atom is 0.229 e. The van der Waals surface area contributed by atoms with Crippen LogP contribution in [0, 0.1) is 5.41 Å². The Hall–Kier alpha value is -1.84. The molecule has 1 N–H and O–H groups in total. The molecule has 0 aliphatic carbocycles. The third-order valence-corrected chi connectivity index (χ3v) is 2.68. The van der Waals surface area contributed by atoms with Crippen molar-refractivity contribution < 1.29 is 14.3 Å². The minimum atomic E-state index is -0.513. The van der Waals surface area contributed by atoms with Crippen molar-refractivity contribution in [2.45, 2.75) is 47.6 Å². The van der Waals surface area contributed by atoms with E-state index < -0.39 is 5.41 Å². The summed E-state index contributed by atoms with van der Waals surface area (Å²) in [5.41, 5.74) is 0.568. The van der Waals surface area contributed by atoms with E-state index in [1.807, 2.05) is 34.6 Å². The third-order valence-electron chi connectivity index (χ3n) is 2.68. The Morgan fingerprint density at radius 3 is 2.25 bits per heavy atom. The first-order valence-corrected chi connectivity index (χ1v) is 6.74. The van der Waals surface area contributed by atoms with Crippen LogP contribution in [0.5, 0.6) is 5.75 Å². The summed E-state index contributed by atoms with van der Waals surface area (Å²) in [6.07, 6.45) is -0.0107. The average Bonchev–Trinajstić information content (AvgIpc) is 2.29. The van der Waals surface area contributed by atoms with Gasteiger partial charge >= 0.3 is 0 Å². The average molecular weight is 277 g/mol. The molecule has 4 heteroatoms. The molecule has 0 aliphatic rings. The van der Waals surface area contributed by atoms with Gasteiger partial charge in [0, 0.05) is 11.0 Å². The molecule has 0 bridgehead atoms. The minimum Gasteiger partial charge on any atom is -0.489 e. The highest BCUT2D eigenvalue weighted by atomic mass is 16.5. The van der Waals surface area contributed by atoms with Crippen molar-refractivity contribution in [3.8, 4) is 5.75 Å². The van der Waals surface area contributed by atoms with Crippen molar-refractivity contribution >= 4 is 17.4 Å². The second-order valence-electron chi connectivity index (χ2n) is 6.14. The van der Waals surface area contributed by atoms with Crippen LogP contribution in [0.15, 0.2) is 18.2 Å². The van der Waals surface area contributed by atoms with Crippen LogP contribution in [0.4, 0.5) is 5.69 Å². The van der Waals surface area contributed by atoms with E-state index in [0.717, 1.165) is 0 Å². The zero-order valence-corrected chi connectivity index (χ0v) is 13.0. The summed E-state index contributed by atoms with van der Waals surface area (Å²) in [4.78, 5) is 23.6. The van der Waals surface area contributed by atoms with Crippen molar-refractivity contribution in [1.29, 1.82) is 0 Å². The zero-order valence-electron chi connectivity index (χ0n) is 13.0. The van der Waals surface area contributed by atoms with E-state index in [1.54, 1.807) is 18.2 Å². The lowest BCUT2D eigenvalue weighted by atomic mass is 9.95. The first-order valence-electron chi connectivity index (χ1n) is 6.74. The summed E-state index contributed by atoms with van der Waals surface area (Å²) in [5, 5.41) is 2.83. The van der Waals surface area contributed by atoms with Crippen molar-refractivity contribution in [3.63, 3.8) is 0 Å². The lowest BCUT2D eigenvalue weighted by Gasteiger charge is -2.20. The fraction of sp³-hybridized carbons (Fsp3) is 0.500. The first-order chi connectivity index (χ1) is 9.11.